The number of carbonyl (C=O) groups excluding carboxylic acids is 1. The van der Waals surface area contributed by atoms with Crippen molar-refractivity contribution in [2.24, 2.45) is 10.9 Å². The topological polar surface area (TPSA) is 65.5 Å². The molecule has 5 heteroatoms. The molecule has 0 spiro atoms. The van der Waals surface area contributed by atoms with Gasteiger partial charge in [0.15, 0.2) is 5.96 Å². The van der Waals surface area contributed by atoms with Crippen molar-refractivity contribution in [3.8, 4) is 0 Å². The number of amides is 1. The molecule has 0 unspecified atom stereocenters. The van der Waals surface area contributed by atoms with Gasteiger partial charge in [0.05, 0.1) is 0 Å². The highest BCUT2D eigenvalue weighted by Crippen LogP contribution is 1.97. The Morgan fingerprint density at radius 1 is 1.09 bits per heavy atom. The van der Waals surface area contributed by atoms with Gasteiger partial charge in [-0.15, -0.1) is 0 Å². The maximum atomic E-state index is 11.9. The van der Waals surface area contributed by atoms with Gasteiger partial charge in [0.25, 0.3) is 5.91 Å². The van der Waals surface area contributed by atoms with E-state index in [1.54, 1.807) is 0 Å². The summed E-state index contributed by atoms with van der Waals surface area (Å²) in [5, 5.41) is 9.41. The van der Waals surface area contributed by atoms with Crippen LogP contribution in [0.2, 0.25) is 0 Å². The van der Waals surface area contributed by atoms with Gasteiger partial charge in [-0.25, -0.2) is 0 Å². The van der Waals surface area contributed by atoms with E-state index >= 15 is 0 Å². The summed E-state index contributed by atoms with van der Waals surface area (Å²) in [6.07, 6.45) is 0.852. The average Bonchev–Trinajstić information content (AvgIpc) is 2.52. The van der Waals surface area contributed by atoms with Crippen molar-refractivity contribution in [1.29, 1.82) is 0 Å². The number of hydrogen-bond donors (Lipinski definition) is 3. The number of nitrogens with one attached hydrogen (secondary N) is 3. The molecule has 0 aliphatic rings. The minimum absolute atomic E-state index is 0.0269. The van der Waals surface area contributed by atoms with Crippen molar-refractivity contribution in [2.45, 2.75) is 27.2 Å². The molecule has 122 valence electrons. The largest absolute Gasteiger partial charge is 0.357 e. The lowest BCUT2D eigenvalue weighted by molar-refractivity contribution is 0.0953. The Bertz CT molecular complexity index is 457. The summed E-state index contributed by atoms with van der Waals surface area (Å²) in [5.41, 5.74) is 0.697. The first-order valence-corrected chi connectivity index (χ1v) is 7.99. The lowest BCUT2D eigenvalue weighted by Crippen LogP contribution is -2.39. The van der Waals surface area contributed by atoms with Crippen LogP contribution >= 0.6 is 0 Å². The lowest BCUT2D eigenvalue weighted by atomic mass is 10.2. The lowest BCUT2D eigenvalue weighted by Gasteiger charge is -2.12. The Labute approximate surface area is 133 Å². The summed E-state index contributed by atoms with van der Waals surface area (Å²) < 4.78 is 0. The second-order valence-corrected chi connectivity index (χ2v) is 5.52. The van der Waals surface area contributed by atoms with Crippen molar-refractivity contribution < 1.29 is 4.79 Å². The van der Waals surface area contributed by atoms with E-state index in [0.717, 1.165) is 32.0 Å². The van der Waals surface area contributed by atoms with Crippen LogP contribution in [0.1, 0.15) is 37.6 Å². The van der Waals surface area contributed by atoms with E-state index in [9.17, 15) is 4.79 Å². The molecule has 0 fully saturated rings. The summed E-state index contributed by atoms with van der Waals surface area (Å²) in [7, 11) is 0. The number of hydrogen-bond acceptors (Lipinski definition) is 2. The maximum absolute atomic E-state index is 11.9. The van der Waals surface area contributed by atoms with E-state index in [4.69, 9.17) is 0 Å². The van der Waals surface area contributed by atoms with Gasteiger partial charge < -0.3 is 16.0 Å². The van der Waals surface area contributed by atoms with Gasteiger partial charge in [-0.1, -0.05) is 32.0 Å². The molecule has 0 radical (unpaired) electrons. The normalized spacial score (nSPS) is 11.4. The summed E-state index contributed by atoms with van der Waals surface area (Å²) in [6.45, 7) is 9.41. The smallest absolute Gasteiger partial charge is 0.251 e. The second kappa shape index (κ2) is 10.7. The zero-order valence-corrected chi connectivity index (χ0v) is 13.9. The van der Waals surface area contributed by atoms with E-state index in [-0.39, 0.29) is 5.91 Å². The van der Waals surface area contributed by atoms with Crippen LogP contribution in [0.25, 0.3) is 0 Å². The van der Waals surface area contributed by atoms with Crippen molar-refractivity contribution in [2.75, 3.05) is 26.2 Å². The fourth-order valence-corrected chi connectivity index (χ4v) is 1.80. The Balaban J connectivity index is 2.23. The molecule has 1 rings (SSSR count). The first-order valence-electron chi connectivity index (χ1n) is 7.99. The average molecular weight is 304 g/mol. The van der Waals surface area contributed by atoms with Crippen LogP contribution in [0, 0.1) is 5.92 Å². The molecule has 0 saturated carbocycles. The van der Waals surface area contributed by atoms with Crippen LogP contribution in [-0.4, -0.2) is 38.0 Å². The molecule has 1 aromatic carbocycles. The molecular weight excluding hydrogens is 276 g/mol. The molecule has 22 heavy (non-hydrogen) atoms. The number of guanidine groups is 1. The molecule has 0 aliphatic carbocycles. The van der Waals surface area contributed by atoms with E-state index in [0.29, 0.717) is 18.0 Å². The van der Waals surface area contributed by atoms with Crippen LogP contribution < -0.4 is 16.0 Å². The van der Waals surface area contributed by atoms with Crippen molar-refractivity contribution in [3.05, 3.63) is 35.9 Å². The Kier molecular flexibility index (Phi) is 8.72. The molecular formula is C17H28N4O. The summed E-state index contributed by atoms with van der Waals surface area (Å²) in [5.74, 6) is 1.35. The first kappa shape index (κ1) is 18.0. The molecule has 0 saturated heterocycles. The first-order chi connectivity index (χ1) is 10.6. The number of nitrogens with zero attached hydrogens (tertiary/aromatic N) is 1. The van der Waals surface area contributed by atoms with E-state index in [1.165, 1.54) is 0 Å². The number of carbonyl (C=O) groups is 1. The van der Waals surface area contributed by atoms with Gasteiger partial charge in [0, 0.05) is 31.7 Å². The van der Waals surface area contributed by atoms with Gasteiger partial charge in [0.2, 0.25) is 0 Å². The molecule has 1 amide bonds. The molecule has 1 aromatic rings. The second-order valence-electron chi connectivity index (χ2n) is 5.52. The number of rotatable bonds is 8. The zero-order valence-electron chi connectivity index (χ0n) is 13.9. The summed E-state index contributed by atoms with van der Waals surface area (Å²) in [6, 6.07) is 9.26. The SMILES string of the molecule is CCNC(=NCC(C)C)NCCCNC(=O)c1ccccc1. The molecule has 0 atom stereocenters. The minimum atomic E-state index is -0.0269. The van der Waals surface area contributed by atoms with E-state index in [2.05, 4.69) is 34.8 Å². The molecule has 3 N–H and O–H groups in total. The molecule has 0 aromatic heterocycles. The fourth-order valence-electron chi connectivity index (χ4n) is 1.80. The van der Waals surface area contributed by atoms with Crippen LogP contribution in [0.3, 0.4) is 0 Å². The third-order valence-corrected chi connectivity index (χ3v) is 2.93. The minimum Gasteiger partial charge on any atom is -0.357 e. The number of aliphatic imine (C=N–C) groups is 1. The van der Waals surface area contributed by atoms with E-state index in [1.807, 2.05) is 37.3 Å². The van der Waals surface area contributed by atoms with Crippen LogP contribution in [-0.2, 0) is 0 Å². The number of benzene rings is 1. The Morgan fingerprint density at radius 2 is 1.77 bits per heavy atom. The Morgan fingerprint density at radius 3 is 2.41 bits per heavy atom. The highest BCUT2D eigenvalue weighted by molar-refractivity contribution is 5.94. The predicted molar refractivity (Wildman–Crippen MR) is 92.2 cm³/mol. The third-order valence-electron chi connectivity index (χ3n) is 2.93. The third kappa shape index (κ3) is 7.67. The van der Waals surface area contributed by atoms with Gasteiger partial charge in [-0.05, 0) is 31.4 Å². The Hall–Kier alpha value is -2.04. The molecule has 5 nitrogen and oxygen atoms in total. The maximum Gasteiger partial charge on any atom is 0.251 e. The highest BCUT2D eigenvalue weighted by atomic mass is 16.1. The standard InChI is InChI=1S/C17H28N4O/c1-4-18-17(21-13-14(2)3)20-12-8-11-19-16(22)15-9-6-5-7-10-15/h5-7,9-10,14H,4,8,11-13H2,1-3H3,(H,19,22)(H2,18,20,21). The van der Waals surface area contributed by atoms with Crippen LogP contribution in [0.5, 0.6) is 0 Å². The molecule has 0 bridgehead atoms. The van der Waals surface area contributed by atoms with Crippen LogP contribution in [0.4, 0.5) is 0 Å². The van der Waals surface area contributed by atoms with Gasteiger partial charge in [0.1, 0.15) is 0 Å². The predicted octanol–water partition coefficient (Wildman–Crippen LogP) is 2.02. The molecule has 0 aliphatic heterocycles. The monoisotopic (exact) mass is 304 g/mol. The molecule has 0 heterocycles. The highest BCUT2D eigenvalue weighted by Gasteiger charge is 2.03. The summed E-state index contributed by atoms with van der Waals surface area (Å²) >= 11 is 0. The van der Waals surface area contributed by atoms with E-state index < -0.39 is 0 Å². The fraction of sp³-hybridized carbons (Fsp3) is 0.529. The van der Waals surface area contributed by atoms with Crippen molar-refractivity contribution in [1.82, 2.24) is 16.0 Å². The van der Waals surface area contributed by atoms with Gasteiger partial charge in [-0.3, -0.25) is 9.79 Å². The van der Waals surface area contributed by atoms with Gasteiger partial charge in [-0.2, -0.15) is 0 Å². The van der Waals surface area contributed by atoms with Crippen LogP contribution in [0.15, 0.2) is 35.3 Å². The summed E-state index contributed by atoms with van der Waals surface area (Å²) in [4.78, 5) is 16.4. The quantitative estimate of drug-likeness (QED) is 0.391. The zero-order chi connectivity index (χ0) is 16.2. The van der Waals surface area contributed by atoms with Gasteiger partial charge >= 0.3 is 0 Å². The van der Waals surface area contributed by atoms with Crippen molar-refractivity contribution >= 4 is 11.9 Å². The van der Waals surface area contributed by atoms with Crippen molar-refractivity contribution in [3.63, 3.8) is 0 Å².